The second-order valence-corrected chi connectivity index (χ2v) is 8.25. The standard InChI is InChI=1S/C22H20ClFN4O/c23-15-2-4-18(24)17(12-15)21(29)27-10-1-6-22(14-27)7-11-28(22)16-3-5-19-20(13-16)26-9-8-25-19/h2-5,8-9,12-13H,1,6-7,10-11,14H2. The van der Waals surface area contributed by atoms with Crippen LogP contribution < -0.4 is 4.90 Å². The molecule has 2 aliphatic rings. The number of anilines is 1. The van der Waals surface area contributed by atoms with Crippen LogP contribution >= 0.6 is 11.6 Å². The van der Waals surface area contributed by atoms with E-state index >= 15 is 0 Å². The summed E-state index contributed by atoms with van der Waals surface area (Å²) >= 11 is 5.99. The number of rotatable bonds is 2. The fourth-order valence-electron chi connectivity index (χ4n) is 4.60. The molecule has 29 heavy (non-hydrogen) atoms. The van der Waals surface area contributed by atoms with Crippen molar-refractivity contribution in [3.63, 3.8) is 0 Å². The summed E-state index contributed by atoms with van der Waals surface area (Å²) in [4.78, 5) is 25.9. The van der Waals surface area contributed by atoms with E-state index in [0.29, 0.717) is 18.1 Å². The van der Waals surface area contributed by atoms with E-state index in [-0.39, 0.29) is 17.0 Å². The molecule has 2 fully saturated rings. The van der Waals surface area contributed by atoms with Crippen LogP contribution in [-0.2, 0) is 0 Å². The fourth-order valence-corrected chi connectivity index (χ4v) is 4.78. The summed E-state index contributed by atoms with van der Waals surface area (Å²) in [6.45, 7) is 2.14. The van der Waals surface area contributed by atoms with Crippen molar-refractivity contribution in [3.05, 3.63) is 65.2 Å². The predicted octanol–water partition coefficient (Wildman–Crippen LogP) is 4.31. The summed E-state index contributed by atoms with van der Waals surface area (Å²) in [5.74, 6) is -0.821. The molecule has 1 aromatic heterocycles. The van der Waals surface area contributed by atoms with Gasteiger partial charge in [-0.1, -0.05) is 11.6 Å². The van der Waals surface area contributed by atoms with Gasteiger partial charge in [-0.25, -0.2) is 4.39 Å². The maximum absolute atomic E-state index is 14.2. The molecule has 1 atom stereocenters. The van der Waals surface area contributed by atoms with Gasteiger partial charge in [-0.05, 0) is 55.7 Å². The Bertz CT molecular complexity index is 1110. The third-order valence-corrected chi connectivity index (χ3v) is 6.37. The van der Waals surface area contributed by atoms with E-state index < -0.39 is 5.82 Å². The maximum Gasteiger partial charge on any atom is 0.256 e. The van der Waals surface area contributed by atoms with Crippen LogP contribution in [0.1, 0.15) is 29.6 Å². The first-order valence-corrected chi connectivity index (χ1v) is 10.2. The minimum atomic E-state index is -0.530. The second kappa shape index (κ2) is 6.95. The molecular weight excluding hydrogens is 391 g/mol. The number of carbonyl (C=O) groups excluding carboxylic acids is 1. The van der Waals surface area contributed by atoms with Crippen molar-refractivity contribution < 1.29 is 9.18 Å². The first-order chi connectivity index (χ1) is 14.1. The van der Waals surface area contributed by atoms with Gasteiger partial charge in [-0.15, -0.1) is 0 Å². The van der Waals surface area contributed by atoms with E-state index in [9.17, 15) is 9.18 Å². The summed E-state index contributed by atoms with van der Waals surface area (Å²) in [7, 11) is 0. The van der Waals surface area contributed by atoms with E-state index in [1.54, 1.807) is 17.3 Å². The fraction of sp³-hybridized carbons (Fsp3) is 0.318. The van der Waals surface area contributed by atoms with E-state index in [4.69, 9.17) is 11.6 Å². The molecular formula is C22H20ClFN4O. The van der Waals surface area contributed by atoms with Crippen LogP contribution in [-0.4, -0.2) is 45.9 Å². The molecule has 3 heterocycles. The van der Waals surface area contributed by atoms with Crippen LogP contribution in [0.5, 0.6) is 0 Å². The number of piperidine rings is 1. The Morgan fingerprint density at radius 2 is 1.86 bits per heavy atom. The predicted molar refractivity (Wildman–Crippen MR) is 111 cm³/mol. The number of carbonyl (C=O) groups is 1. The smallest absolute Gasteiger partial charge is 0.256 e. The minimum absolute atomic E-state index is 0.0430. The molecule has 5 rings (SSSR count). The van der Waals surface area contributed by atoms with Gasteiger partial charge in [-0.2, -0.15) is 0 Å². The van der Waals surface area contributed by atoms with Crippen molar-refractivity contribution in [2.75, 3.05) is 24.5 Å². The SMILES string of the molecule is O=C(c1cc(Cl)ccc1F)N1CCCC2(CCN2c2ccc3nccnc3c2)C1. The van der Waals surface area contributed by atoms with Gasteiger partial charge >= 0.3 is 0 Å². The molecule has 5 nitrogen and oxygen atoms in total. The molecule has 148 valence electrons. The van der Waals surface area contributed by atoms with Crippen molar-refractivity contribution in [3.8, 4) is 0 Å². The third kappa shape index (κ3) is 3.12. The number of nitrogens with zero attached hydrogens (tertiary/aromatic N) is 4. The van der Waals surface area contributed by atoms with Crippen LogP contribution in [0.4, 0.5) is 10.1 Å². The third-order valence-electron chi connectivity index (χ3n) is 6.14. The van der Waals surface area contributed by atoms with Crippen molar-refractivity contribution in [2.24, 2.45) is 0 Å². The lowest BCUT2D eigenvalue weighted by Crippen LogP contribution is -2.68. The van der Waals surface area contributed by atoms with Gasteiger partial charge in [-0.3, -0.25) is 14.8 Å². The van der Waals surface area contributed by atoms with Gasteiger partial charge in [0.15, 0.2) is 0 Å². The monoisotopic (exact) mass is 410 g/mol. The van der Waals surface area contributed by atoms with E-state index in [0.717, 1.165) is 42.5 Å². The number of hydrogen-bond donors (Lipinski definition) is 0. The van der Waals surface area contributed by atoms with Crippen LogP contribution in [0, 0.1) is 5.82 Å². The lowest BCUT2D eigenvalue weighted by molar-refractivity contribution is 0.0559. The zero-order valence-corrected chi connectivity index (χ0v) is 16.6. The molecule has 0 saturated carbocycles. The van der Waals surface area contributed by atoms with Crippen molar-refractivity contribution in [1.82, 2.24) is 14.9 Å². The number of fused-ring (bicyclic) bond motifs is 1. The lowest BCUT2D eigenvalue weighted by Gasteiger charge is -2.58. The number of hydrogen-bond acceptors (Lipinski definition) is 4. The number of amides is 1. The number of halogens is 2. The Morgan fingerprint density at radius 3 is 2.66 bits per heavy atom. The molecule has 1 amide bonds. The topological polar surface area (TPSA) is 49.3 Å². The average molecular weight is 411 g/mol. The van der Waals surface area contributed by atoms with Crippen LogP contribution in [0.25, 0.3) is 11.0 Å². The molecule has 0 N–H and O–H groups in total. The van der Waals surface area contributed by atoms with E-state index in [2.05, 4.69) is 27.0 Å². The van der Waals surface area contributed by atoms with Crippen molar-refractivity contribution in [2.45, 2.75) is 24.8 Å². The molecule has 2 aliphatic heterocycles. The van der Waals surface area contributed by atoms with Crippen molar-refractivity contribution >= 4 is 34.2 Å². The van der Waals surface area contributed by atoms with Gasteiger partial charge in [0.25, 0.3) is 5.91 Å². The van der Waals surface area contributed by atoms with Crippen LogP contribution in [0.3, 0.4) is 0 Å². The minimum Gasteiger partial charge on any atom is -0.364 e. The van der Waals surface area contributed by atoms with Gasteiger partial charge < -0.3 is 9.80 Å². The highest BCUT2D eigenvalue weighted by Gasteiger charge is 2.48. The highest BCUT2D eigenvalue weighted by Crippen LogP contribution is 2.42. The molecule has 1 spiro atoms. The Kier molecular flexibility index (Phi) is 4.39. The number of benzene rings is 2. The molecule has 2 saturated heterocycles. The molecule has 0 aliphatic carbocycles. The normalized spacial score (nSPS) is 21.4. The molecule has 7 heteroatoms. The highest BCUT2D eigenvalue weighted by atomic mass is 35.5. The highest BCUT2D eigenvalue weighted by molar-refractivity contribution is 6.31. The summed E-state index contributed by atoms with van der Waals surface area (Å²) in [5, 5.41) is 0.365. The summed E-state index contributed by atoms with van der Waals surface area (Å²) in [6.07, 6.45) is 6.28. The molecule has 1 unspecified atom stereocenters. The van der Waals surface area contributed by atoms with E-state index in [1.165, 1.54) is 18.2 Å². The Hall–Kier alpha value is -2.73. The largest absolute Gasteiger partial charge is 0.364 e. The molecule has 3 aromatic rings. The first-order valence-electron chi connectivity index (χ1n) is 9.79. The average Bonchev–Trinajstić information content (AvgIpc) is 2.74. The van der Waals surface area contributed by atoms with Gasteiger partial charge in [0.05, 0.1) is 22.1 Å². The van der Waals surface area contributed by atoms with Gasteiger partial charge in [0, 0.05) is 42.7 Å². The number of aromatic nitrogens is 2. The quantitative estimate of drug-likeness (QED) is 0.631. The Labute approximate surface area is 173 Å². The van der Waals surface area contributed by atoms with Gasteiger partial charge in [0.1, 0.15) is 5.82 Å². The second-order valence-electron chi connectivity index (χ2n) is 7.81. The lowest BCUT2D eigenvalue weighted by atomic mass is 9.77. The molecule has 0 bridgehead atoms. The van der Waals surface area contributed by atoms with Crippen LogP contribution in [0.2, 0.25) is 5.02 Å². The zero-order valence-electron chi connectivity index (χ0n) is 15.8. The molecule has 0 radical (unpaired) electrons. The number of likely N-dealkylation sites (tertiary alicyclic amines) is 1. The summed E-state index contributed by atoms with van der Waals surface area (Å²) < 4.78 is 14.2. The zero-order chi connectivity index (χ0) is 20.0. The summed E-state index contributed by atoms with van der Waals surface area (Å²) in [6, 6.07) is 10.2. The Balaban J connectivity index is 1.41. The maximum atomic E-state index is 14.2. The van der Waals surface area contributed by atoms with Gasteiger partial charge in [0.2, 0.25) is 0 Å². The van der Waals surface area contributed by atoms with E-state index in [1.807, 2.05) is 6.07 Å². The summed E-state index contributed by atoms with van der Waals surface area (Å²) in [5.41, 5.74) is 2.74. The molecule has 2 aromatic carbocycles. The van der Waals surface area contributed by atoms with Crippen LogP contribution in [0.15, 0.2) is 48.8 Å². The first kappa shape index (κ1) is 18.3. The Morgan fingerprint density at radius 1 is 1.03 bits per heavy atom. The van der Waals surface area contributed by atoms with Crippen molar-refractivity contribution in [1.29, 1.82) is 0 Å².